The Morgan fingerprint density at radius 2 is 1.57 bits per heavy atom. The summed E-state index contributed by atoms with van der Waals surface area (Å²) in [6.07, 6.45) is 6.96. The molecule has 0 saturated carbocycles. The second-order valence-corrected chi connectivity index (χ2v) is 11.7. The fraction of sp³-hybridized carbons (Fsp3) is 0.455. The first-order valence-corrected chi connectivity index (χ1v) is 15.0. The van der Waals surface area contributed by atoms with Gasteiger partial charge in [0.1, 0.15) is 0 Å². The monoisotopic (exact) mass is 606 g/mol. The molecule has 11 heteroatoms. The van der Waals surface area contributed by atoms with Gasteiger partial charge in [0.05, 0.1) is 18.6 Å². The molecule has 1 aromatic rings. The molecule has 0 aromatic carbocycles. The van der Waals surface area contributed by atoms with Crippen molar-refractivity contribution in [2.75, 3.05) is 6.61 Å². The number of rotatable bonds is 13. The number of carboxylic acid groups (broad SMARTS) is 2. The third-order valence-corrected chi connectivity index (χ3v) is 9.17. The van der Waals surface area contributed by atoms with Crippen LogP contribution in [-0.2, 0) is 25.6 Å². The first-order chi connectivity index (χ1) is 20.9. The number of carboxylic acids is 2. The lowest BCUT2D eigenvalue weighted by Crippen LogP contribution is -2.36. The Bertz CT molecular complexity index is 1510. The number of aliphatic carboxylic acids is 2. The van der Waals surface area contributed by atoms with Crippen molar-refractivity contribution in [1.82, 2.24) is 20.9 Å². The molecule has 44 heavy (non-hydrogen) atoms. The number of aromatic amines is 1. The van der Waals surface area contributed by atoms with Crippen molar-refractivity contribution in [2.45, 2.75) is 78.3 Å². The largest absolute Gasteiger partial charge is 0.481 e. The van der Waals surface area contributed by atoms with Gasteiger partial charge in [-0.3, -0.25) is 19.2 Å². The summed E-state index contributed by atoms with van der Waals surface area (Å²) in [6.45, 7) is 11.2. The van der Waals surface area contributed by atoms with Crippen LogP contribution in [0, 0.1) is 18.8 Å². The molecular formula is C33H42N4O7. The topological polar surface area (TPSA) is 181 Å². The van der Waals surface area contributed by atoms with Crippen LogP contribution in [0.3, 0.4) is 0 Å². The number of allylic oxidation sites excluding steroid dienone is 2. The van der Waals surface area contributed by atoms with Crippen molar-refractivity contribution in [3.8, 4) is 0 Å². The Morgan fingerprint density at radius 1 is 0.909 bits per heavy atom. The third-order valence-electron chi connectivity index (χ3n) is 9.17. The maximum Gasteiger partial charge on any atom is 0.303 e. The quantitative estimate of drug-likeness (QED) is 0.179. The van der Waals surface area contributed by atoms with E-state index in [0.29, 0.717) is 36.2 Å². The number of hydrogen-bond acceptors (Lipinski definition) is 6. The van der Waals surface area contributed by atoms with Gasteiger partial charge in [-0.1, -0.05) is 19.6 Å². The van der Waals surface area contributed by atoms with Gasteiger partial charge < -0.3 is 36.3 Å². The molecule has 3 aliphatic heterocycles. The molecule has 1 fully saturated rings. The number of H-pyrrole nitrogens is 1. The molecule has 1 saturated heterocycles. The van der Waals surface area contributed by atoms with Gasteiger partial charge >= 0.3 is 11.9 Å². The number of carbonyl (C=O) groups excluding carboxylic acids is 2. The molecule has 0 spiro atoms. The summed E-state index contributed by atoms with van der Waals surface area (Å²) in [5, 5.41) is 38.1. The molecule has 4 heterocycles. The van der Waals surface area contributed by atoms with Crippen molar-refractivity contribution < 1.29 is 34.5 Å². The smallest absolute Gasteiger partial charge is 0.303 e. The molecule has 11 nitrogen and oxygen atoms in total. The molecule has 1 aromatic heterocycles. The van der Waals surface area contributed by atoms with Crippen molar-refractivity contribution in [1.29, 1.82) is 0 Å². The highest BCUT2D eigenvalue weighted by atomic mass is 16.4. The molecule has 4 atom stereocenters. The van der Waals surface area contributed by atoms with Crippen molar-refractivity contribution in [3.05, 3.63) is 68.9 Å². The Morgan fingerprint density at radius 3 is 2.16 bits per heavy atom. The maximum atomic E-state index is 12.5. The molecule has 236 valence electrons. The van der Waals surface area contributed by atoms with E-state index in [1.165, 1.54) is 0 Å². The van der Waals surface area contributed by atoms with Crippen LogP contribution in [0.15, 0.2) is 46.3 Å². The van der Waals surface area contributed by atoms with Gasteiger partial charge in [0.2, 0.25) is 5.91 Å². The normalized spacial score (nSPS) is 25.2. The van der Waals surface area contributed by atoms with Gasteiger partial charge in [-0.05, 0) is 86.5 Å². The molecule has 7 N–H and O–H groups in total. The van der Waals surface area contributed by atoms with Gasteiger partial charge in [-0.15, -0.1) is 0 Å². The Kier molecular flexibility index (Phi) is 9.98. The van der Waals surface area contributed by atoms with Gasteiger partial charge in [0, 0.05) is 53.2 Å². The first kappa shape index (κ1) is 32.5. The average Bonchev–Trinajstić information content (AvgIpc) is 3.62. The Balaban J connectivity index is 1.74. The first-order valence-electron chi connectivity index (χ1n) is 15.0. The average molecular weight is 607 g/mol. The van der Waals surface area contributed by atoms with Crippen LogP contribution in [0.1, 0.15) is 75.4 Å². The molecule has 0 aliphatic carbocycles. The fourth-order valence-electron chi connectivity index (χ4n) is 6.56. The SMILES string of the molecule is C=CC1=C(C)[C@@H](CC2N/C(=C\c3[nH]c(/C=C4\NC(=O)[C@H](CO)[C@H]4CC)c(C)c3CCC(=O)O)C(CCC(=O)O)=C2C)NC1=O. The van der Waals surface area contributed by atoms with Gasteiger partial charge in [0.15, 0.2) is 0 Å². The van der Waals surface area contributed by atoms with E-state index in [9.17, 15) is 34.5 Å². The molecule has 0 radical (unpaired) electrons. The minimum atomic E-state index is -0.929. The molecular weight excluding hydrogens is 564 g/mol. The summed E-state index contributed by atoms with van der Waals surface area (Å²) in [6, 6.07) is -0.361. The van der Waals surface area contributed by atoms with Crippen molar-refractivity contribution >= 4 is 35.9 Å². The summed E-state index contributed by atoms with van der Waals surface area (Å²) in [5.41, 5.74) is 7.82. The van der Waals surface area contributed by atoms with Gasteiger partial charge in [-0.25, -0.2) is 0 Å². The molecule has 3 aliphatic rings. The predicted molar refractivity (Wildman–Crippen MR) is 166 cm³/mol. The lowest BCUT2D eigenvalue weighted by molar-refractivity contribution is -0.138. The highest BCUT2D eigenvalue weighted by molar-refractivity contribution is 6.00. The van der Waals surface area contributed by atoms with Gasteiger partial charge in [-0.2, -0.15) is 0 Å². The van der Waals surface area contributed by atoms with E-state index in [1.54, 1.807) is 6.08 Å². The number of aliphatic hydroxyl groups is 1. The molecule has 0 bridgehead atoms. The number of aliphatic hydroxyl groups excluding tert-OH is 1. The lowest BCUT2D eigenvalue weighted by Gasteiger charge is -2.20. The van der Waals surface area contributed by atoms with Crippen LogP contribution in [0.4, 0.5) is 0 Å². The van der Waals surface area contributed by atoms with Crippen molar-refractivity contribution in [3.63, 3.8) is 0 Å². The number of hydrogen-bond donors (Lipinski definition) is 7. The van der Waals surface area contributed by atoms with Gasteiger partial charge in [0.25, 0.3) is 5.91 Å². The number of amides is 2. The second kappa shape index (κ2) is 13.5. The zero-order valence-electron chi connectivity index (χ0n) is 25.7. The zero-order chi connectivity index (χ0) is 32.3. The third kappa shape index (κ3) is 6.57. The van der Waals surface area contributed by atoms with Crippen LogP contribution in [0.25, 0.3) is 12.2 Å². The number of carbonyl (C=O) groups is 4. The van der Waals surface area contributed by atoms with E-state index in [-0.39, 0.29) is 55.7 Å². The van der Waals surface area contributed by atoms with E-state index in [4.69, 9.17) is 0 Å². The Labute approximate surface area is 256 Å². The van der Waals surface area contributed by atoms with E-state index in [1.807, 2.05) is 39.8 Å². The standard InChI is InChI=1S/C33H42N4O7/c1-6-19-16(3)26(36-32(19)43)12-24-17(4)21(8-10-30(39)40)28(34-24)14-29-22(9-11-31(41)42)18(5)25(35-29)13-27-20(7-2)23(15-38)33(44)37-27/h6,13-14,20,23-24,26,34-35,38H,1,7-12,15H2,2-5H3,(H,36,43)(H,37,44)(H,39,40)(H,41,42)/b27-13-,28-14-/t20-,23-,24?,26-/m1/s1. The summed E-state index contributed by atoms with van der Waals surface area (Å²) < 4.78 is 0. The number of aromatic nitrogens is 1. The molecule has 2 amide bonds. The van der Waals surface area contributed by atoms with Crippen molar-refractivity contribution in [2.24, 2.45) is 11.8 Å². The lowest BCUT2D eigenvalue weighted by atomic mass is 9.91. The van der Waals surface area contributed by atoms with E-state index in [0.717, 1.165) is 39.2 Å². The summed E-state index contributed by atoms with van der Waals surface area (Å²) >= 11 is 0. The predicted octanol–water partition coefficient (Wildman–Crippen LogP) is 3.33. The fourth-order valence-corrected chi connectivity index (χ4v) is 6.56. The second-order valence-electron chi connectivity index (χ2n) is 11.7. The zero-order valence-corrected chi connectivity index (χ0v) is 25.7. The molecule has 4 rings (SSSR count). The van der Waals surface area contributed by atoms with E-state index < -0.39 is 17.9 Å². The highest BCUT2D eigenvalue weighted by Crippen LogP contribution is 2.36. The van der Waals surface area contributed by atoms with Crippen LogP contribution >= 0.6 is 0 Å². The maximum absolute atomic E-state index is 12.5. The number of nitrogens with one attached hydrogen (secondary N) is 4. The minimum absolute atomic E-state index is 0.0603. The highest BCUT2D eigenvalue weighted by Gasteiger charge is 2.37. The minimum Gasteiger partial charge on any atom is -0.481 e. The van der Waals surface area contributed by atoms with Crippen LogP contribution in [0.2, 0.25) is 0 Å². The van der Waals surface area contributed by atoms with E-state index >= 15 is 0 Å². The van der Waals surface area contributed by atoms with Crippen LogP contribution in [0.5, 0.6) is 0 Å². The summed E-state index contributed by atoms with van der Waals surface area (Å²) in [5.74, 6) is -2.92. The van der Waals surface area contributed by atoms with Crippen LogP contribution < -0.4 is 16.0 Å². The molecule has 1 unspecified atom stereocenters. The summed E-state index contributed by atoms with van der Waals surface area (Å²) in [4.78, 5) is 51.3. The van der Waals surface area contributed by atoms with Crippen LogP contribution in [-0.4, -0.2) is 62.7 Å². The summed E-state index contributed by atoms with van der Waals surface area (Å²) in [7, 11) is 0. The Hall–Kier alpha value is -4.38. The van der Waals surface area contributed by atoms with E-state index in [2.05, 4.69) is 27.5 Å².